The van der Waals surface area contributed by atoms with Gasteiger partial charge >= 0.3 is 6.09 Å². The van der Waals surface area contributed by atoms with Crippen LogP contribution in [0.4, 0.5) is 9.18 Å². The van der Waals surface area contributed by atoms with Crippen molar-refractivity contribution < 1.29 is 18.7 Å². The summed E-state index contributed by atoms with van der Waals surface area (Å²) in [7, 11) is 0. The SMILES string of the molecule is CC(C)(C)OC(=O)N1CCCCC1N1CCOCC1F. The van der Waals surface area contributed by atoms with Crippen LogP contribution < -0.4 is 0 Å². The summed E-state index contributed by atoms with van der Waals surface area (Å²) >= 11 is 0. The van der Waals surface area contributed by atoms with Crippen LogP contribution in [0.15, 0.2) is 0 Å². The van der Waals surface area contributed by atoms with E-state index in [0.29, 0.717) is 19.7 Å². The molecule has 0 bridgehead atoms. The lowest BCUT2D eigenvalue weighted by atomic mass is 10.1. The van der Waals surface area contributed by atoms with Crippen molar-refractivity contribution in [2.24, 2.45) is 0 Å². The molecule has 2 rings (SSSR count). The Morgan fingerprint density at radius 2 is 2.05 bits per heavy atom. The number of nitrogens with zero attached hydrogens (tertiary/aromatic N) is 2. The number of amides is 1. The van der Waals surface area contributed by atoms with Gasteiger partial charge in [0.15, 0.2) is 6.30 Å². The van der Waals surface area contributed by atoms with Crippen molar-refractivity contribution in [3.8, 4) is 0 Å². The zero-order valence-electron chi connectivity index (χ0n) is 12.6. The summed E-state index contributed by atoms with van der Waals surface area (Å²) in [6.07, 6.45) is 1.04. The molecular weight excluding hydrogens is 263 g/mol. The highest BCUT2D eigenvalue weighted by atomic mass is 19.1. The van der Waals surface area contributed by atoms with Gasteiger partial charge in [-0.05, 0) is 40.0 Å². The first kappa shape index (κ1) is 15.5. The van der Waals surface area contributed by atoms with E-state index in [4.69, 9.17) is 9.47 Å². The zero-order chi connectivity index (χ0) is 14.8. The average Bonchev–Trinajstić information content (AvgIpc) is 2.37. The molecule has 0 spiro atoms. The number of rotatable bonds is 1. The van der Waals surface area contributed by atoms with E-state index < -0.39 is 11.9 Å². The number of morpholine rings is 1. The van der Waals surface area contributed by atoms with Crippen LogP contribution >= 0.6 is 0 Å². The van der Waals surface area contributed by atoms with Crippen molar-refractivity contribution in [1.82, 2.24) is 9.80 Å². The lowest BCUT2D eigenvalue weighted by Crippen LogP contribution is -2.59. The maximum Gasteiger partial charge on any atom is 0.411 e. The number of carbonyl (C=O) groups is 1. The highest BCUT2D eigenvalue weighted by molar-refractivity contribution is 5.68. The minimum absolute atomic E-state index is 0.0820. The van der Waals surface area contributed by atoms with Crippen LogP contribution in [0.25, 0.3) is 0 Å². The molecule has 20 heavy (non-hydrogen) atoms. The van der Waals surface area contributed by atoms with Gasteiger partial charge in [0.05, 0.1) is 19.4 Å². The van der Waals surface area contributed by atoms with Crippen molar-refractivity contribution in [3.63, 3.8) is 0 Å². The van der Waals surface area contributed by atoms with Gasteiger partial charge in [-0.25, -0.2) is 14.1 Å². The lowest BCUT2D eigenvalue weighted by Gasteiger charge is -2.45. The molecule has 2 atom stereocenters. The van der Waals surface area contributed by atoms with Crippen molar-refractivity contribution in [2.45, 2.75) is 58.1 Å². The molecule has 2 heterocycles. The van der Waals surface area contributed by atoms with E-state index >= 15 is 0 Å². The fraction of sp³-hybridized carbons (Fsp3) is 0.929. The fourth-order valence-electron chi connectivity index (χ4n) is 2.71. The molecule has 116 valence electrons. The van der Waals surface area contributed by atoms with Crippen LogP contribution in [0.2, 0.25) is 0 Å². The molecule has 2 saturated heterocycles. The van der Waals surface area contributed by atoms with Gasteiger partial charge in [0, 0.05) is 13.1 Å². The Morgan fingerprint density at radius 3 is 2.70 bits per heavy atom. The molecule has 0 aliphatic carbocycles. The summed E-state index contributed by atoms with van der Waals surface area (Å²) in [5.74, 6) is 0. The number of piperidine rings is 1. The molecule has 2 fully saturated rings. The van der Waals surface area contributed by atoms with Gasteiger partial charge in [-0.2, -0.15) is 0 Å². The molecule has 0 saturated carbocycles. The van der Waals surface area contributed by atoms with Crippen LogP contribution in [0, 0.1) is 0 Å². The lowest BCUT2D eigenvalue weighted by molar-refractivity contribution is -0.122. The Hall–Kier alpha value is -0.880. The average molecular weight is 288 g/mol. The van der Waals surface area contributed by atoms with Gasteiger partial charge in [0.2, 0.25) is 0 Å². The molecular formula is C14H25FN2O3. The summed E-state index contributed by atoms with van der Waals surface area (Å²) in [6, 6.07) is 0. The third kappa shape index (κ3) is 3.82. The summed E-state index contributed by atoms with van der Waals surface area (Å²) in [4.78, 5) is 15.7. The molecule has 2 aliphatic rings. The first-order valence-electron chi connectivity index (χ1n) is 7.36. The van der Waals surface area contributed by atoms with E-state index in [2.05, 4.69) is 0 Å². The highest BCUT2D eigenvalue weighted by Crippen LogP contribution is 2.26. The Kier molecular flexibility index (Phi) is 4.86. The number of ether oxygens (including phenoxy) is 2. The predicted octanol–water partition coefficient (Wildman–Crippen LogP) is 2.36. The second-order valence-electron chi connectivity index (χ2n) is 6.40. The summed E-state index contributed by atoms with van der Waals surface area (Å²) in [6.45, 7) is 7.27. The maximum absolute atomic E-state index is 14.0. The monoisotopic (exact) mass is 288 g/mol. The molecule has 0 radical (unpaired) electrons. The smallest absolute Gasteiger partial charge is 0.411 e. The van der Waals surface area contributed by atoms with Crippen LogP contribution in [0.1, 0.15) is 40.0 Å². The molecule has 0 aromatic rings. The molecule has 6 heteroatoms. The van der Waals surface area contributed by atoms with Gasteiger partial charge in [0.25, 0.3) is 0 Å². The largest absolute Gasteiger partial charge is 0.444 e. The number of alkyl halides is 1. The highest BCUT2D eigenvalue weighted by Gasteiger charge is 2.38. The van der Waals surface area contributed by atoms with Crippen LogP contribution in [0.3, 0.4) is 0 Å². The van der Waals surface area contributed by atoms with Gasteiger partial charge in [-0.3, -0.25) is 4.90 Å². The van der Waals surface area contributed by atoms with Crippen molar-refractivity contribution in [1.29, 1.82) is 0 Å². The molecule has 2 aliphatic heterocycles. The molecule has 5 nitrogen and oxygen atoms in total. The first-order valence-corrected chi connectivity index (χ1v) is 7.36. The second kappa shape index (κ2) is 6.26. The minimum atomic E-state index is -1.14. The Morgan fingerprint density at radius 1 is 1.30 bits per heavy atom. The second-order valence-corrected chi connectivity index (χ2v) is 6.40. The molecule has 1 amide bonds. The first-order chi connectivity index (χ1) is 9.38. The fourth-order valence-corrected chi connectivity index (χ4v) is 2.71. The predicted molar refractivity (Wildman–Crippen MR) is 73.0 cm³/mol. The summed E-state index contributed by atoms with van der Waals surface area (Å²) in [5, 5.41) is 0. The molecule has 2 unspecified atom stereocenters. The van der Waals surface area contributed by atoms with Gasteiger partial charge < -0.3 is 9.47 Å². The number of likely N-dealkylation sites (tertiary alicyclic amines) is 1. The normalized spacial score (nSPS) is 29.3. The van der Waals surface area contributed by atoms with Crippen molar-refractivity contribution >= 4 is 6.09 Å². The van der Waals surface area contributed by atoms with Crippen LogP contribution in [-0.4, -0.2) is 60.3 Å². The van der Waals surface area contributed by atoms with E-state index in [0.717, 1.165) is 19.3 Å². The quantitative estimate of drug-likeness (QED) is 0.695. The molecule has 0 aromatic heterocycles. The van der Waals surface area contributed by atoms with Crippen molar-refractivity contribution in [2.75, 3.05) is 26.3 Å². The topological polar surface area (TPSA) is 42.0 Å². The Labute approximate surface area is 120 Å². The van der Waals surface area contributed by atoms with E-state index in [1.807, 2.05) is 20.8 Å². The number of carbonyl (C=O) groups excluding carboxylic acids is 1. The van der Waals surface area contributed by atoms with E-state index in [9.17, 15) is 9.18 Å². The number of hydrogen-bond donors (Lipinski definition) is 0. The molecule has 0 N–H and O–H groups in total. The standard InChI is InChI=1S/C14H25FN2O3/c1-14(2,3)20-13(18)17-7-5-4-6-12(17)16-8-9-19-10-11(16)15/h11-12H,4-10H2,1-3H3. The summed E-state index contributed by atoms with van der Waals surface area (Å²) < 4.78 is 24.6. The van der Waals surface area contributed by atoms with E-state index in [1.165, 1.54) is 0 Å². The minimum Gasteiger partial charge on any atom is -0.444 e. The molecule has 0 aromatic carbocycles. The van der Waals surface area contributed by atoms with E-state index in [1.54, 1.807) is 9.80 Å². The van der Waals surface area contributed by atoms with Gasteiger partial charge in [-0.15, -0.1) is 0 Å². The Balaban J connectivity index is 2.06. The van der Waals surface area contributed by atoms with Gasteiger partial charge in [-0.1, -0.05) is 0 Å². The third-order valence-electron chi connectivity index (χ3n) is 3.59. The maximum atomic E-state index is 14.0. The van der Waals surface area contributed by atoms with Crippen molar-refractivity contribution in [3.05, 3.63) is 0 Å². The summed E-state index contributed by atoms with van der Waals surface area (Å²) in [5.41, 5.74) is -0.529. The third-order valence-corrected chi connectivity index (χ3v) is 3.59. The Bertz CT molecular complexity index is 346. The van der Waals surface area contributed by atoms with E-state index in [-0.39, 0.29) is 18.9 Å². The van der Waals surface area contributed by atoms with Gasteiger partial charge in [0.1, 0.15) is 5.60 Å². The van der Waals surface area contributed by atoms with Crippen LogP contribution in [0.5, 0.6) is 0 Å². The van der Waals surface area contributed by atoms with Crippen LogP contribution in [-0.2, 0) is 9.47 Å². The number of halogens is 1. The zero-order valence-corrected chi connectivity index (χ0v) is 12.6. The number of hydrogen-bond acceptors (Lipinski definition) is 4.